The number of para-hydroxylation sites is 1. The molecule has 1 aliphatic rings. The summed E-state index contributed by atoms with van der Waals surface area (Å²) in [5.74, 6) is -1.59. The molecule has 0 fully saturated rings. The number of hydrogen-bond donors (Lipinski definition) is 1. The molecule has 118 valence electrons. The van der Waals surface area contributed by atoms with Crippen molar-refractivity contribution >= 4 is 17.6 Å². The smallest absolute Gasteiger partial charge is 0.312 e. The van der Waals surface area contributed by atoms with E-state index in [1.54, 1.807) is 11.0 Å². The fraction of sp³-hybridized carbons (Fsp3) is 0.263. The zero-order valence-corrected chi connectivity index (χ0v) is 13.2. The summed E-state index contributed by atoms with van der Waals surface area (Å²) in [6.07, 6.45) is 0.291. The first-order valence-electron chi connectivity index (χ1n) is 7.66. The van der Waals surface area contributed by atoms with Crippen LogP contribution in [-0.4, -0.2) is 23.5 Å². The third-order valence-corrected chi connectivity index (χ3v) is 4.54. The van der Waals surface area contributed by atoms with Crippen molar-refractivity contribution in [3.05, 3.63) is 64.7 Å². The van der Waals surface area contributed by atoms with Gasteiger partial charge in [0.2, 0.25) is 5.91 Å². The maximum atomic E-state index is 12.8. The lowest BCUT2D eigenvalue weighted by Crippen LogP contribution is -2.32. The van der Waals surface area contributed by atoms with E-state index in [2.05, 4.69) is 0 Å². The van der Waals surface area contributed by atoms with Crippen LogP contribution in [0.1, 0.15) is 28.2 Å². The minimum Gasteiger partial charge on any atom is -0.481 e. The molecular formula is C19H19NO3. The van der Waals surface area contributed by atoms with Crippen LogP contribution < -0.4 is 4.90 Å². The van der Waals surface area contributed by atoms with Crippen molar-refractivity contribution in [1.82, 2.24) is 0 Å². The Bertz CT molecular complexity index is 762. The molecule has 0 saturated heterocycles. The standard InChI is InChI=1S/C19H19NO3/c1-12-6-5-7-13(2)15(12)10-18(21)20-11-16(19(22)23)14-8-3-4-9-17(14)20/h3-9,16H,10-11H2,1-2H3,(H,22,23). The largest absolute Gasteiger partial charge is 0.481 e. The van der Waals surface area contributed by atoms with Gasteiger partial charge in [0.05, 0.1) is 6.42 Å². The highest BCUT2D eigenvalue weighted by atomic mass is 16.4. The van der Waals surface area contributed by atoms with Gasteiger partial charge in [0, 0.05) is 12.2 Å². The lowest BCUT2D eigenvalue weighted by molar-refractivity contribution is -0.138. The highest BCUT2D eigenvalue weighted by Gasteiger charge is 2.36. The number of anilines is 1. The molecule has 23 heavy (non-hydrogen) atoms. The summed E-state index contributed by atoms with van der Waals surface area (Å²) in [7, 11) is 0. The van der Waals surface area contributed by atoms with Gasteiger partial charge in [-0.15, -0.1) is 0 Å². The summed E-state index contributed by atoms with van der Waals surface area (Å²) >= 11 is 0. The number of carbonyl (C=O) groups is 2. The van der Waals surface area contributed by atoms with Crippen molar-refractivity contribution in [2.45, 2.75) is 26.2 Å². The molecule has 1 amide bonds. The number of carboxylic acid groups (broad SMARTS) is 1. The molecule has 1 heterocycles. The van der Waals surface area contributed by atoms with Gasteiger partial charge in [-0.05, 0) is 42.2 Å². The van der Waals surface area contributed by atoms with E-state index in [9.17, 15) is 14.7 Å². The van der Waals surface area contributed by atoms with Gasteiger partial charge in [0.15, 0.2) is 0 Å². The van der Waals surface area contributed by atoms with Crippen molar-refractivity contribution in [1.29, 1.82) is 0 Å². The number of nitrogens with zero attached hydrogens (tertiary/aromatic N) is 1. The van der Waals surface area contributed by atoms with Gasteiger partial charge in [-0.25, -0.2) is 0 Å². The Kier molecular flexibility index (Phi) is 3.90. The number of carbonyl (C=O) groups excluding carboxylic acids is 1. The molecule has 0 spiro atoms. The number of aryl methyl sites for hydroxylation is 2. The average molecular weight is 309 g/mol. The number of aliphatic carboxylic acids is 1. The summed E-state index contributed by atoms with van der Waals surface area (Å²) in [6, 6.07) is 13.2. The van der Waals surface area contributed by atoms with E-state index < -0.39 is 11.9 Å². The van der Waals surface area contributed by atoms with Gasteiger partial charge in [0.1, 0.15) is 5.92 Å². The lowest BCUT2D eigenvalue weighted by atomic mass is 9.99. The van der Waals surface area contributed by atoms with Crippen molar-refractivity contribution in [3.63, 3.8) is 0 Å². The van der Waals surface area contributed by atoms with Crippen LogP contribution in [0, 0.1) is 13.8 Å². The number of hydrogen-bond acceptors (Lipinski definition) is 2. The van der Waals surface area contributed by atoms with Gasteiger partial charge in [0.25, 0.3) is 0 Å². The van der Waals surface area contributed by atoms with Crippen molar-refractivity contribution in [3.8, 4) is 0 Å². The molecule has 3 rings (SSSR count). The average Bonchev–Trinajstić information content (AvgIpc) is 2.91. The Morgan fingerprint density at radius 2 is 1.74 bits per heavy atom. The fourth-order valence-corrected chi connectivity index (χ4v) is 3.23. The van der Waals surface area contributed by atoms with Gasteiger partial charge in [-0.2, -0.15) is 0 Å². The first-order valence-corrected chi connectivity index (χ1v) is 7.66. The summed E-state index contributed by atoms with van der Waals surface area (Å²) in [4.78, 5) is 25.9. The first kappa shape index (κ1) is 15.3. The van der Waals surface area contributed by atoms with Gasteiger partial charge < -0.3 is 10.0 Å². The van der Waals surface area contributed by atoms with Gasteiger partial charge >= 0.3 is 5.97 Å². The number of rotatable bonds is 3. The van der Waals surface area contributed by atoms with Gasteiger partial charge in [-0.1, -0.05) is 36.4 Å². The molecule has 0 saturated carbocycles. The Morgan fingerprint density at radius 1 is 1.09 bits per heavy atom. The molecule has 0 bridgehead atoms. The van der Waals surface area contributed by atoms with E-state index in [0.29, 0.717) is 6.42 Å². The summed E-state index contributed by atoms with van der Waals surface area (Å²) in [6.45, 7) is 4.19. The fourth-order valence-electron chi connectivity index (χ4n) is 3.23. The Balaban J connectivity index is 1.91. The maximum Gasteiger partial charge on any atom is 0.312 e. The zero-order valence-electron chi connectivity index (χ0n) is 13.2. The van der Waals surface area contributed by atoms with Crippen molar-refractivity contribution < 1.29 is 14.7 Å². The second-order valence-electron chi connectivity index (χ2n) is 6.00. The van der Waals surface area contributed by atoms with Crippen LogP contribution in [0.5, 0.6) is 0 Å². The van der Waals surface area contributed by atoms with Crippen LogP contribution in [0.15, 0.2) is 42.5 Å². The number of benzene rings is 2. The molecule has 0 aliphatic carbocycles. The van der Waals surface area contributed by atoms with E-state index in [1.807, 2.05) is 50.2 Å². The minimum absolute atomic E-state index is 0.0569. The third kappa shape index (κ3) is 2.72. The van der Waals surface area contributed by atoms with Crippen LogP contribution >= 0.6 is 0 Å². The third-order valence-electron chi connectivity index (χ3n) is 4.54. The molecule has 0 aromatic heterocycles. The molecule has 4 heteroatoms. The van der Waals surface area contributed by atoms with Crippen molar-refractivity contribution in [2.75, 3.05) is 11.4 Å². The quantitative estimate of drug-likeness (QED) is 0.948. The second kappa shape index (κ2) is 5.88. The van der Waals surface area contributed by atoms with Crippen LogP contribution in [0.4, 0.5) is 5.69 Å². The second-order valence-corrected chi connectivity index (χ2v) is 6.00. The number of fused-ring (bicyclic) bond motifs is 1. The maximum absolute atomic E-state index is 12.8. The molecule has 1 N–H and O–H groups in total. The normalized spacial score (nSPS) is 16.3. The molecular weight excluding hydrogens is 290 g/mol. The first-order chi connectivity index (χ1) is 11.0. The van der Waals surface area contributed by atoms with Crippen LogP contribution in [0.2, 0.25) is 0 Å². The lowest BCUT2D eigenvalue weighted by Gasteiger charge is -2.19. The Labute approximate surface area is 135 Å². The molecule has 1 unspecified atom stereocenters. The Hall–Kier alpha value is -2.62. The van der Waals surface area contributed by atoms with Crippen LogP contribution in [-0.2, 0) is 16.0 Å². The molecule has 2 aromatic rings. The predicted octanol–water partition coefficient (Wildman–Crippen LogP) is 3.06. The molecule has 2 aromatic carbocycles. The minimum atomic E-state index is -0.889. The van der Waals surface area contributed by atoms with E-state index in [1.165, 1.54) is 0 Å². The van der Waals surface area contributed by atoms with Crippen LogP contribution in [0.3, 0.4) is 0 Å². The molecule has 1 atom stereocenters. The highest BCUT2D eigenvalue weighted by Crippen LogP contribution is 2.36. The SMILES string of the molecule is Cc1cccc(C)c1CC(=O)N1CC(C(=O)O)c2ccccc21. The van der Waals surface area contributed by atoms with Crippen molar-refractivity contribution in [2.24, 2.45) is 0 Å². The summed E-state index contributed by atoms with van der Waals surface area (Å²) in [5.41, 5.74) is 4.63. The predicted molar refractivity (Wildman–Crippen MR) is 88.8 cm³/mol. The zero-order chi connectivity index (χ0) is 16.6. The number of amides is 1. The molecule has 4 nitrogen and oxygen atoms in total. The van der Waals surface area contributed by atoms with Crippen LogP contribution in [0.25, 0.3) is 0 Å². The molecule has 0 radical (unpaired) electrons. The van der Waals surface area contributed by atoms with E-state index in [-0.39, 0.29) is 12.5 Å². The van der Waals surface area contributed by atoms with Gasteiger partial charge in [-0.3, -0.25) is 9.59 Å². The summed E-state index contributed by atoms with van der Waals surface area (Å²) in [5, 5.41) is 9.40. The van der Waals surface area contributed by atoms with E-state index >= 15 is 0 Å². The topological polar surface area (TPSA) is 57.6 Å². The number of carboxylic acids is 1. The highest BCUT2D eigenvalue weighted by molar-refractivity contribution is 6.00. The van der Waals surface area contributed by atoms with E-state index in [4.69, 9.17) is 0 Å². The monoisotopic (exact) mass is 309 g/mol. The Morgan fingerprint density at radius 3 is 2.39 bits per heavy atom. The molecule has 1 aliphatic heterocycles. The van der Waals surface area contributed by atoms with E-state index in [0.717, 1.165) is 27.9 Å². The summed E-state index contributed by atoms with van der Waals surface area (Å²) < 4.78 is 0.